The van der Waals surface area contributed by atoms with Crippen molar-refractivity contribution in [2.24, 2.45) is 0 Å². The maximum Gasteiger partial charge on any atom is 0.173 e. The third-order valence-electron chi connectivity index (χ3n) is 2.13. The number of thiazole rings is 1. The smallest absolute Gasteiger partial charge is 0.173 e. The second kappa shape index (κ2) is 4.40. The van der Waals surface area contributed by atoms with Gasteiger partial charge in [-0.1, -0.05) is 0 Å². The van der Waals surface area contributed by atoms with Crippen LogP contribution in [0.1, 0.15) is 21.1 Å². The minimum Gasteiger partial charge on any atom is -0.398 e. The molecular weight excluding hydrogens is 222 g/mol. The Bertz CT molecular complexity index is 521. The van der Waals surface area contributed by atoms with Crippen molar-refractivity contribution < 1.29 is 4.79 Å². The highest BCUT2D eigenvalue weighted by Crippen LogP contribution is 2.15. The molecular formula is C11H11N3OS. The number of aryl methyl sites for hydroxylation is 1. The highest BCUT2D eigenvalue weighted by atomic mass is 32.1. The van der Waals surface area contributed by atoms with Gasteiger partial charge >= 0.3 is 0 Å². The third kappa shape index (κ3) is 2.25. The molecule has 0 aromatic carbocycles. The number of nitrogens with zero attached hydrogens (tertiary/aromatic N) is 2. The van der Waals surface area contributed by atoms with Gasteiger partial charge in [-0.25, -0.2) is 4.98 Å². The normalized spacial score (nSPS) is 10.3. The Labute approximate surface area is 97.2 Å². The number of nitrogen functional groups attached to an aromatic ring is 1. The van der Waals surface area contributed by atoms with Crippen LogP contribution >= 0.6 is 11.3 Å². The molecule has 2 rings (SSSR count). The van der Waals surface area contributed by atoms with E-state index in [9.17, 15) is 4.79 Å². The summed E-state index contributed by atoms with van der Waals surface area (Å²) in [5.41, 5.74) is 7.57. The lowest BCUT2D eigenvalue weighted by Gasteiger charge is -2.01. The molecule has 0 unspecified atom stereocenters. The number of hydrogen-bond donors (Lipinski definition) is 1. The van der Waals surface area contributed by atoms with Gasteiger partial charge in [0.2, 0.25) is 0 Å². The van der Waals surface area contributed by atoms with E-state index >= 15 is 0 Å². The number of hydrogen-bond acceptors (Lipinski definition) is 5. The summed E-state index contributed by atoms with van der Waals surface area (Å²) < 4.78 is 0. The van der Waals surface area contributed by atoms with Crippen LogP contribution in [-0.2, 0) is 6.42 Å². The molecule has 16 heavy (non-hydrogen) atoms. The molecule has 0 aliphatic heterocycles. The molecule has 0 aliphatic carbocycles. The average Bonchev–Trinajstić information content (AvgIpc) is 2.64. The largest absolute Gasteiger partial charge is 0.398 e. The van der Waals surface area contributed by atoms with Crippen LogP contribution in [0.25, 0.3) is 0 Å². The molecule has 0 saturated heterocycles. The van der Waals surface area contributed by atoms with Crippen LogP contribution in [0.4, 0.5) is 5.69 Å². The maximum absolute atomic E-state index is 11.9. The first-order valence-corrected chi connectivity index (χ1v) is 5.68. The average molecular weight is 233 g/mol. The summed E-state index contributed by atoms with van der Waals surface area (Å²) in [6.45, 7) is 1.91. The van der Waals surface area contributed by atoms with Crippen LogP contribution in [0.2, 0.25) is 0 Å². The first-order chi connectivity index (χ1) is 7.66. The van der Waals surface area contributed by atoms with E-state index < -0.39 is 0 Å². The summed E-state index contributed by atoms with van der Waals surface area (Å²) in [5.74, 6) is -0.0417. The molecule has 0 radical (unpaired) electrons. The van der Waals surface area contributed by atoms with Crippen LogP contribution in [0.3, 0.4) is 0 Å². The molecule has 0 fully saturated rings. The van der Waals surface area contributed by atoms with Crippen LogP contribution < -0.4 is 5.73 Å². The van der Waals surface area contributed by atoms with Crippen molar-refractivity contribution in [3.8, 4) is 0 Å². The van der Waals surface area contributed by atoms with Crippen molar-refractivity contribution in [1.29, 1.82) is 0 Å². The van der Waals surface area contributed by atoms with Crippen LogP contribution in [-0.4, -0.2) is 15.8 Å². The lowest BCUT2D eigenvalue weighted by molar-refractivity contribution is 0.0993. The Morgan fingerprint density at radius 3 is 3.00 bits per heavy atom. The minimum absolute atomic E-state index is 0.0417. The van der Waals surface area contributed by atoms with E-state index in [2.05, 4.69) is 9.97 Å². The lowest BCUT2D eigenvalue weighted by Crippen LogP contribution is -2.07. The molecule has 4 nitrogen and oxygen atoms in total. The van der Waals surface area contributed by atoms with E-state index in [4.69, 9.17) is 5.73 Å². The molecule has 2 aromatic rings. The van der Waals surface area contributed by atoms with E-state index in [-0.39, 0.29) is 12.2 Å². The van der Waals surface area contributed by atoms with E-state index in [0.29, 0.717) is 11.3 Å². The molecule has 0 amide bonds. The fourth-order valence-electron chi connectivity index (χ4n) is 1.35. The molecule has 2 heterocycles. The number of aromatic nitrogens is 2. The van der Waals surface area contributed by atoms with E-state index in [1.807, 2.05) is 12.3 Å². The van der Waals surface area contributed by atoms with Crippen molar-refractivity contribution >= 4 is 22.8 Å². The summed E-state index contributed by atoms with van der Waals surface area (Å²) >= 11 is 1.49. The quantitative estimate of drug-likeness (QED) is 0.821. The van der Waals surface area contributed by atoms with Crippen LogP contribution in [0.15, 0.2) is 23.8 Å². The third-order valence-corrected chi connectivity index (χ3v) is 3.10. The van der Waals surface area contributed by atoms with Gasteiger partial charge in [0.05, 0.1) is 12.0 Å². The van der Waals surface area contributed by atoms with Crippen LogP contribution in [0, 0.1) is 6.92 Å². The number of rotatable bonds is 3. The number of nitrogens with two attached hydrogens (primary N) is 1. The lowest BCUT2D eigenvalue weighted by atomic mass is 10.1. The standard InChI is InChI=1S/C11H11N3OS/c1-7-6-16-11(14-7)4-10(15)8-5-13-3-2-9(8)12/h2-3,5-6H,4H2,1H3,(H2,12,13). The molecule has 0 bridgehead atoms. The molecule has 82 valence electrons. The van der Waals surface area contributed by atoms with E-state index in [1.165, 1.54) is 17.5 Å². The minimum atomic E-state index is -0.0417. The fourth-order valence-corrected chi connectivity index (χ4v) is 2.13. The van der Waals surface area contributed by atoms with Gasteiger partial charge in [0.25, 0.3) is 0 Å². The first kappa shape index (κ1) is 10.8. The van der Waals surface area contributed by atoms with Crippen molar-refractivity contribution in [1.82, 2.24) is 9.97 Å². The first-order valence-electron chi connectivity index (χ1n) is 4.80. The molecule has 0 spiro atoms. The summed E-state index contributed by atoms with van der Waals surface area (Å²) in [4.78, 5) is 20.0. The maximum atomic E-state index is 11.9. The Balaban J connectivity index is 2.18. The number of Topliss-reactive ketones (excluding diaryl/α,β-unsaturated/α-hetero) is 1. The Morgan fingerprint density at radius 2 is 2.38 bits per heavy atom. The van der Waals surface area contributed by atoms with Gasteiger partial charge in [0.1, 0.15) is 5.01 Å². The highest BCUT2D eigenvalue weighted by Gasteiger charge is 2.12. The molecule has 0 atom stereocenters. The fraction of sp³-hybridized carbons (Fsp3) is 0.182. The predicted molar refractivity (Wildman–Crippen MR) is 63.5 cm³/mol. The number of carbonyl (C=O) groups is 1. The summed E-state index contributed by atoms with van der Waals surface area (Å²) in [5, 5.41) is 2.74. The summed E-state index contributed by atoms with van der Waals surface area (Å²) in [7, 11) is 0. The Hall–Kier alpha value is -1.75. The second-order valence-corrected chi connectivity index (χ2v) is 4.39. The van der Waals surface area contributed by atoms with Gasteiger partial charge < -0.3 is 5.73 Å². The van der Waals surface area contributed by atoms with Gasteiger partial charge in [0, 0.05) is 29.2 Å². The van der Waals surface area contributed by atoms with Crippen molar-refractivity contribution in [3.05, 3.63) is 40.1 Å². The molecule has 5 heteroatoms. The number of pyridine rings is 1. The van der Waals surface area contributed by atoms with Crippen molar-refractivity contribution in [3.63, 3.8) is 0 Å². The van der Waals surface area contributed by atoms with Gasteiger partial charge in [-0.15, -0.1) is 11.3 Å². The molecule has 0 aliphatic rings. The van der Waals surface area contributed by atoms with E-state index in [0.717, 1.165) is 10.7 Å². The number of ketones is 1. The number of anilines is 1. The zero-order valence-corrected chi connectivity index (χ0v) is 9.62. The zero-order valence-electron chi connectivity index (χ0n) is 8.80. The van der Waals surface area contributed by atoms with Gasteiger partial charge in [-0.3, -0.25) is 9.78 Å². The van der Waals surface area contributed by atoms with Crippen molar-refractivity contribution in [2.45, 2.75) is 13.3 Å². The SMILES string of the molecule is Cc1csc(CC(=O)c2cnccc2N)n1. The van der Waals surface area contributed by atoms with Gasteiger partial charge in [-0.2, -0.15) is 0 Å². The monoisotopic (exact) mass is 233 g/mol. The van der Waals surface area contributed by atoms with Crippen molar-refractivity contribution in [2.75, 3.05) is 5.73 Å². The topological polar surface area (TPSA) is 68.9 Å². The second-order valence-electron chi connectivity index (χ2n) is 3.45. The summed E-state index contributed by atoms with van der Waals surface area (Å²) in [6, 6.07) is 1.63. The predicted octanol–water partition coefficient (Wildman–Crippen LogP) is 1.85. The Kier molecular flexibility index (Phi) is 2.96. The van der Waals surface area contributed by atoms with Gasteiger partial charge in [-0.05, 0) is 13.0 Å². The van der Waals surface area contributed by atoms with Crippen LogP contribution in [0.5, 0.6) is 0 Å². The zero-order chi connectivity index (χ0) is 11.5. The molecule has 0 saturated carbocycles. The Morgan fingerprint density at radius 1 is 1.56 bits per heavy atom. The van der Waals surface area contributed by atoms with Gasteiger partial charge in [0.15, 0.2) is 5.78 Å². The highest BCUT2D eigenvalue weighted by molar-refractivity contribution is 7.09. The number of carbonyl (C=O) groups excluding carboxylic acids is 1. The summed E-state index contributed by atoms with van der Waals surface area (Å²) in [6.07, 6.45) is 3.35. The van der Waals surface area contributed by atoms with E-state index in [1.54, 1.807) is 12.3 Å². The molecule has 2 N–H and O–H groups in total. The molecule has 2 aromatic heterocycles.